The van der Waals surface area contributed by atoms with Crippen LogP contribution >= 0.6 is 0 Å². The van der Waals surface area contributed by atoms with Crippen molar-refractivity contribution in [2.45, 2.75) is 25.4 Å². The van der Waals surface area contributed by atoms with Crippen LogP contribution in [0.3, 0.4) is 0 Å². The normalized spacial score (nSPS) is 19.9. The third-order valence-corrected chi connectivity index (χ3v) is 2.85. The van der Waals surface area contributed by atoms with Crippen molar-refractivity contribution in [3.05, 3.63) is 23.4 Å². The molecule has 1 unspecified atom stereocenters. The quantitative estimate of drug-likeness (QED) is 0.871. The summed E-state index contributed by atoms with van der Waals surface area (Å²) < 4.78 is 10.5. The number of hydrogen-bond acceptors (Lipinski definition) is 4. The molecule has 1 N–H and O–H groups in total. The van der Waals surface area contributed by atoms with E-state index in [2.05, 4.69) is 4.98 Å². The maximum Gasteiger partial charge on any atom is 0.341 e. The minimum absolute atomic E-state index is 0.0414. The molecule has 0 aliphatic carbocycles. The number of carboxylic acids is 1. The van der Waals surface area contributed by atoms with Gasteiger partial charge in [-0.2, -0.15) is 0 Å². The highest BCUT2D eigenvalue weighted by Crippen LogP contribution is 2.29. The van der Waals surface area contributed by atoms with Crippen molar-refractivity contribution in [1.29, 1.82) is 0 Å². The highest BCUT2D eigenvalue weighted by Gasteiger charge is 2.20. The van der Waals surface area contributed by atoms with Crippen molar-refractivity contribution in [2.24, 2.45) is 0 Å². The first-order chi connectivity index (χ1) is 8.22. The topological polar surface area (TPSA) is 68.7 Å². The lowest BCUT2D eigenvalue weighted by Gasteiger charge is -2.23. The molecule has 0 aromatic carbocycles. The second-order valence-electron chi connectivity index (χ2n) is 3.99. The molecular formula is C12H15NO4. The Labute approximate surface area is 99.4 Å². The molecule has 0 spiro atoms. The molecule has 1 aliphatic rings. The van der Waals surface area contributed by atoms with E-state index in [0.29, 0.717) is 0 Å². The number of methoxy groups -OCH3 is 1. The summed E-state index contributed by atoms with van der Waals surface area (Å²) in [5, 5.41) is 9.06. The summed E-state index contributed by atoms with van der Waals surface area (Å²) in [5.41, 5.74) is 0.891. The molecule has 1 aliphatic heterocycles. The number of hydrogen-bond donors (Lipinski definition) is 1. The van der Waals surface area contributed by atoms with E-state index in [4.69, 9.17) is 14.6 Å². The van der Waals surface area contributed by atoms with Crippen LogP contribution in [0.25, 0.3) is 0 Å². The van der Waals surface area contributed by atoms with Crippen molar-refractivity contribution in [3.63, 3.8) is 0 Å². The zero-order chi connectivity index (χ0) is 12.3. The van der Waals surface area contributed by atoms with Crippen LogP contribution in [0.15, 0.2) is 12.3 Å². The molecule has 1 aromatic heterocycles. The average Bonchev–Trinajstić information content (AvgIpc) is 2.39. The smallest absolute Gasteiger partial charge is 0.341 e. The zero-order valence-electron chi connectivity index (χ0n) is 9.68. The van der Waals surface area contributed by atoms with Crippen molar-refractivity contribution < 1.29 is 19.4 Å². The maximum atomic E-state index is 11.1. The third kappa shape index (κ3) is 2.55. The zero-order valence-corrected chi connectivity index (χ0v) is 9.68. The number of carboxylic acid groups (broad SMARTS) is 1. The van der Waals surface area contributed by atoms with Gasteiger partial charge >= 0.3 is 5.97 Å². The lowest BCUT2D eigenvalue weighted by atomic mass is 10.0. The molecule has 5 nitrogen and oxygen atoms in total. The molecule has 1 fully saturated rings. The summed E-state index contributed by atoms with van der Waals surface area (Å²) in [7, 11) is 1.41. The molecule has 1 saturated heterocycles. The van der Waals surface area contributed by atoms with Crippen molar-refractivity contribution in [2.75, 3.05) is 13.7 Å². The maximum absolute atomic E-state index is 11.1. The van der Waals surface area contributed by atoms with Gasteiger partial charge in [0.2, 0.25) is 5.88 Å². The number of aromatic nitrogens is 1. The van der Waals surface area contributed by atoms with Gasteiger partial charge in [-0.3, -0.25) is 0 Å². The highest BCUT2D eigenvalue weighted by atomic mass is 16.5. The van der Waals surface area contributed by atoms with Crippen molar-refractivity contribution in [1.82, 2.24) is 4.98 Å². The lowest BCUT2D eigenvalue weighted by molar-refractivity contribution is 0.0146. The largest absolute Gasteiger partial charge is 0.480 e. The fourth-order valence-electron chi connectivity index (χ4n) is 1.96. The minimum atomic E-state index is -1.04. The third-order valence-electron chi connectivity index (χ3n) is 2.85. The molecule has 2 heterocycles. The number of nitrogens with zero attached hydrogens (tertiary/aromatic N) is 1. The second-order valence-corrected chi connectivity index (χ2v) is 3.99. The monoisotopic (exact) mass is 237 g/mol. The van der Waals surface area contributed by atoms with E-state index in [9.17, 15) is 4.79 Å². The molecule has 17 heavy (non-hydrogen) atoms. The Morgan fingerprint density at radius 1 is 1.59 bits per heavy atom. The van der Waals surface area contributed by atoms with E-state index in [-0.39, 0.29) is 17.5 Å². The Balaban J connectivity index is 2.29. The van der Waals surface area contributed by atoms with E-state index < -0.39 is 5.97 Å². The van der Waals surface area contributed by atoms with Crippen molar-refractivity contribution in [3.8, 4) is 5.88 Å². The SMILES string of the molecule is COc1ncc(C2CCCCO2)cc1C(=O)O. The standard InChI is InChI=1S/C12H15NO4/c1-16-11-9(12(14)15)6-8(7-13-11)10-4-2-3-5-17-10/h6-7,10H,2-5H2,1H3,(H,14,15). The summed E-state index contributed by atoms with van der Waals surface area (Å²) in [4.78, 5) is 15.1. The predicted molar refractivity (Wildman–Crippen MR) is 60.3 cm³/mol. The molecule has 1 atom stereocenters. The molecular weight excluding hydrogens is 222 g/mol. The Morgan fingerprint density at radius 2 is 2.41 bits per heavy atom. The molecule has 92 valence electrons. The van der Waals surface area contributed by atoms with Gasteiger partial charge in [0.15, 0.2) is 0 Å². The molecule has 5 heteroatoms. The summed E-state index contributed by atoms with van der Waals surface area (Å²) in [6, 6.07) is 1.59. The molecule has 0 bridgehead atoms. The first-order valence-corrected chi connectivity index (χ1v) is 5.61. The van der Waals surface area contributed by atoms with Crippen LogP contribution < -0.4 is 4.74 Å². The number of carbonyl (C=O) groups is 1. The van der Waals surface area contributed by atoms with Gasteiger partial charge in [-0.05, 0) is 25.3 Å². The molecule has 0 amide bonds. The lowest BCUT2D eigenvalue weighted by Crippen LogP contribution is -2.13. The van der Waals surface area contributed by atoms with E-state index in [1.54, 1.807) is 12.3 Å². The van der Waals surface area contributed by atoms with Crippen molar-refractivity contribution >= 4 is 5.97 Å². The molecule has 1 aromatic rings. The van der Waals surface area contributed by atoms with Crippen LogP contribution in [-0.4, -0.2) is 29.8 Å². The first kappa shape index (κ1) is 11.9. The molecule has 2 rings (SSSR count). The average molecular weight is 237 g/mol. The van der Waals surface area contributed by atoms with Crippen LogP contribution in [0.4, 0.5) is 0 Å². The van der Waals surface area contributed by atoms with Gasteiger partial charge in [0.25, 0.3) is 0 Å². The summed E-state index contributed by atoms with van der Waals surface area (Å²) >= 11 is 0. The van der Waals surface area contributed by atoms with Crippen LogP contribution in [0.5, 0.6) is 5.88 Å². The molecule has 0 radical (unpaired) electrons. The predicted octanol–water partition coefficient (Wildman–Crippen LogP) is 2.03. The van der Waals surface area contributed by atoms with Gasteiger partial charge in [-0.25, -0.2) is 9.78 Å². The van der Waals surface area contributed by atoms with Gasteiger partial charge in [-0.1, -0.05) is 0 Å². The summed E-state index contributed by atoms with van der Waals surface area (Å²) in [5.74, 6) is -0.899. The van der Waals surface area contributed by atoms with Crippen LogP contribution in [0, 0.1) is 0 Å². The molecule has 0 saturated carbocycles. The Kier molecular flexibility index (Phi) is 3.58. The number of pyridine rings is 1. The second kappa shape index (κ2) is 5.14. The highest BCUT2D eigenvalue weighted by molar-refractivity contribution is 5.90. The number of aromatic carboxylic acids is 1. The van der Waals surface area contributed by atoms with Crippen LogP contribution in [0.1, 0.15) is 41.3 Å². The van der Waals surface area contributed by atoms with Gasteiger partial charge in [0, 0.05) is 18.4 Å². The van der Waals surface area contributed by atoms with Gasteiger partial charge in [0.1, 0.15) is 5.56 Å². The number of ether oxygens (including phenoxy) is 2. The van der Waals surface area contributed by atoms with E-state index in [0.717, 1.165) is 31.4 Å². The fourth-order valence-corrected chi connectivity index (χ4v) is 1.96. The minimum Gasteiger partial charge on any atom is -0.480 e. The fraction of sp³-hybridized carbons (Fsp3) is 0.500. The first-order valence-electron chi connectivity index (χ1n) is 5.61. The summed E-state index contributed by atoms with van der Waals surface area (Å²) in [6.45, 7) is 0.721. The Bertz CT molecular complexity index is 413. The Hall–Kier alpha value is -1.62. The van der Waals surface area contributed by atoms with E-state index in [1.807, 2.05) is 0 Å². The van der Waals surface area contributed by atoms with E-state index >= 15 is 0 Å². The van der Waals surface area contributed by atoms with E-state index in [1.165, 1.54) is 7.11 Å². The van der Waals surface area contributed by atoms with Gasteiger partial charge in [0.05, 0.1) is 13.2 Å². The van der Waals surface area contributed by atoms with Gasteiger partial charge < -0.3 is 14.6 Å². The Morgan fingerprint density at radius 3 is 3.00 bits per heavy atom. The van der Waals surface area contributed by atoms with Crippen LogP contribution in [-0.2, 0) is 4.74 Å². The number of rotatable bonds is 3. The van der Waals surface area contributed by atoms with Crippen LogP contribution in [0.2, 0.25) is 0 Å². The summed E-state index contributed by atoms with van der Waals surface area (Å²) in [6.07, 6.45) is 4.65. The van der Waals surface area contributed by atoms with Gasteiger partial charge in [-0.15, -0.1) is 0 Å².